The van der Waals surface area contributed by atoms with Crippen LogP contribution in [0.1, 0.15) is 27.9 Å². The molecule has 1 aromatic carbocycles. The van der Waals surface area contributed by atoms with Crippen molar-refractivity contribution in [3.05, 3.63) is 34.9 Å². The highest BCUT2D eigenvalue weighted by atomic mass is 19.4. The summed E-state index contributed by atoms with van der Waals surface area (Å²) < 4.78 is 91.4. The zero-order chi connectivity index (χ0) is 24.9. The van der Waals surface area contributed by atoms with Gasteiger partial charge in [0.05, 0.1) is 44.8 Å². The molecule has 0 radical (unpaired) electrons. The van der Waals surface area contributed by atoms with Gasteiger partial charge in [-0.3, -0.25) is 14.4 Å². The topological polar surface area (TPSA) is 108 Å². The number of carbonyl (C=O) groups excluding carboxylic acids is 4. The normalized spacial score (nSPS) is 13.5. The van der Waals surface area contributed by atoms with E-state index >= 15 is 0 Å². The van der Waals surface area contributed by atoms with Crippen LogP contribution in [0, 0.1) is 5.92 Å². The predicted molar refractivity (Wildman–Crippen MR) is 91.9 cm³/mol. The lowest BCUT2D eigenvalue weighted by molar-refractivity contribution is -0.158. The molecule has 1 N–H and O–H groups in total. The molecule has 14 heteroatoms. The molecule has 0 aliphatic rings. The Labute approximate surface area is 176 Å². The summed E-state index contributed by atoms with van der Waals surface area (Å²) in [5.41, 5.74) is -4.65. The van der Waals surface area contributed by atoms with Crippen molar-refractivity contribution in [1.29, 1.82) is 0 Å². The molecule has 32 heavy (non-hydrogen) atoms. The van der Waals surface area contributed by atoms with Gasteiger partial charge >= 0.3 is 30.3 Å². The molecule has 1 aromatic rings. The highest BCUT2D eigenvalue weighted by molar-refractivity contribution is 5.98. The number of hydrogen-bond acceptors (Lipinski definition) is 7. The van der Waals surface area contributed by atoms with E-state index in [0.717, 1.165) is 21.3 Å². The summed E-state index contributed by atoms with van der Waals surface area (Å²) in [7, 11) is 2.66. The second-order valence-corrected chi connectivity index (χ2v) is 6.18. The van der Waals surface area contributed by atoms with Gasteiger partial charge in [0, 0.05) is 5.56 Å². The fraction of sp³-hybridized carbons (Fsp3) is 0.444. The van der Waals surface area contributed by atoms with Gasteiger partial charge in [0.15, 0.2) is 0 Å². The molecule has 0 aliphatic carbocycles. The van der Waals surface area contributed by atoms with Gasteiger partial charge in [-0.25, -0.2) is 4.79 Å². The molecule has 178 valence electrons. The highest BCUT2D eigenvalue weighted by Gasteiger charge is 2.40. The number of esters is 3. The number of hydrogen-bond donors (Lipinski definition) is 1. The third-order valence-electron chi connectivity index (χ3n) is 4.11. The van der Waals surface area contributed by atoms with E-state index < -0.39 is 71.2 Å². The average Bonchev–Trinajstić information content (AvgIpc) is 2.72. The molecule has 0 bridgehead atoms. The van der Waals surface area contributed by atoms with Crippen molar-refractivity contribution < 1.29 is 59.7 Å². The SMILES string of the molecule is COC(=O)C[C@@H](C(=O)OC)[C@@H](NC(=O)c1cc(C(F)(F)F)cc(C(F)(F)F)c1)C(=O)OC. The third kappa shape index (κ3) is 6.85. The molecule has 0 aliphatic heterocycles. The first-order valence-electron chi connectivity index (χ1n) is 8.48. The van der Waals surface area contributed by atoms with Crippen LogP contribution in [0.15, 0.2) is 18.2 Å². The number of benzene rings is 1. The van der Waals surface area contributed by atoms with Gasteiger partial charge in [-0.05, 0) is 18.2 Å². The van der Waals surface area contributed by atoms with E-state index in [1.165, 1.54) is 0 Å². The number of nitrogens with one attached hydrogen (secondary N) is 1. The van der Waals surface area contributed by atoms with Crippen molar-refractivity contribution in [3.63, 3.8) is 0 Å². The monoisotopic (exact) mass is 473 g/mol. The number of alkyl halides is 6. The Balaban J connectivity index is 3.46. The molecule has 2 atom stereocenters. The fourth-order valence-electron chi connectivity index (χ4n) is 2.51. The van der Waals surface area contributed by atoms with Crippen LogP contribution in [-0.4, -0.2) is 51.2 Å². The minimum Gasteiger partial charge on any atom is -0.469 e. The maximum Gasteiger partial charge on any atom is 0.416 e. The van der Waals surface area contributed by atoms with Crippen LogP contribution in [0.25, 0.3) is 0 Å². The molecule has 1 amide bonds. The standard InChI is InChI=1S/C18H17F6NO7/c1-30-12(26)7-11(15(28)31-2)13(16(29)32-3)25-14(27)8-4-9(17(19,20)21)6-10(5-8)18(22,23)24/h4-6,11,13H,7H2,1-3H3,(H,25,27)/t11-,13-/m1/s1. The number of amides is 1. The Hall–Kier alpha value is -3.32. The van der Waals surface area contributed by atoms with Gasteiger partial charge in [0.1, 0.15) is 6.04 Å². The Morgan fingerprint density at radius 1 is 0.812 bits per heavy atom. The van der Waals surface area contributed by atoms with Gasteiger partial charge in [-0.15, -0.1) is 0 Å². The minimum absolute atomic E-state index is 0.131. The summed E-state index contributed by atoms with van der Waals surface area (Å²) in [6, 6.07) is -1.93. The number of rotatable bonds is 7. The summed E-state index contributed by atoms with van der Waals surface area (Å²) >= 11 is 0. The lowest BCUT2D eigenvalue weighted by Crippen LogP contribution is -2.50. The third-order valence-corrected chi connectivity index (χ3v) is 4.11. The molecule has 0 fully saturated rings. The maximum absolute atomic E-state index is 13.0. The van der Waals surface area contributed by atoms with Crippen LogP contribution in [0.3, 0.4) is 0 Å². The molecule has 0 saturated carbocycles. The second kappa shape index (κ2) is 10.3. The Bertz CT molecular complexity index is 849. The lowest BCUT2D eigenvalue weighted by Gasteiger charge is -2.24. The maximum atomic E-state index is 13.0. The van der Waals surface area contributed by atoms with Crippen LogP contribution in [0.2, 0.25) is 0 Å². The largest absolute Gasteiger partial charge is 0.469 e. The zero-order valence-corrected chi connectivity index (χ0v) is 16.7. The quantitative estimate of drug-likeness (QED) is 0.368. The van der Waals surface area contributed by atoms with Crippen molar-refractivity contribution in [2.45, 2.75) is 24.8 Å². The molecule has 0 heterocycles. The van der Waals surface area contributed by atoms with Crippen LogP contribution in [0.5, 0.6) is 0 Å². The Morgan fingerprint density at radius 2 is 1.28 bits per heavy atom. The highest BCUT2D eigenvalue weighted by Crippen LogP contribution is 2.36. The van der Waals surface area contributed by atoms with Crippen LogP contribution in [0.4, 0.5) is 26.3 Å². The Kier molecular flexibility index (Phi) is 8.62. The van der Waals surface area contributed by atoms with E-state index in [1.54, 1.807) is 0 Å². The minimum atomic E-state index is -5.22. The molecule has 8 nitrogen and oxygen atoms in total. The molecule has 0 spiro atoms. The Morgan fingerprint density at radius 3 is 1.66 bits per heavy atom. The van der Waals surface area contributed by atoms with Gasteiger partial charge < -0.3 is 19.5 Å². The van der Waals surface area contributed by atoms with E-state index in [9.17, 15) is 45.5 Å². The molecular formula is C18H17F6NO7. The number of ether oxygens (including phenoxy) is 3. The van der Waals surface area contributed by atoms with Crippen LogP contribution >= 0.6 is 0 Å². The predicted octanol–water partition coefficient (Wildman–Crippen LogP) is 2.35. The van der Waals surface area contributed by atoms with E-state index in [1.807, 2.05) is 5.32 Å². The van der Waals surface area contributed by atoms with E-state index in [-0.39, 0.29) is 18.2 Å². The summed E-state index contributed by atoms with van der Waals surface area (Å²) in [6.07, 6.45) is -11.3. The smallest absolute Gasteiger partial charge is 0.416 e. The van der Waals surface area contributed by atoms with Crippen molar-refractivity contribution in [2.75, 3.05) is 21.3 Å². The van der Waals surface area contributed by atoms with E-state index in [2.05, 4.69) is 14.2 Å². The van der Waals surface area contributed by atoms with Crippen molar-refractivity contribution in [1.82, 2.24) is 5.32 Å². The van der Waals surface area contributed by atoms with E-state index in [0.29, 0.717) is 0 Å². The molecule has 0 aromatic heterocycles. The van der Waals surface area contributed by atoms with Gasteiger partial charge in [0.25, 0.3) is 5.91 Å². The number of halogens is 6. The first-order valence-corrected chi connectivity index (χ1v) is 8.48. The fourth-order valence-corrected chi connectivity index (χ4v) is 2.51. The molecule has 1 rings (SSSR count). The molecular weight excluding hydrogens is 456 g/mol. The summed E-state index contributed by atoms with van der Waals surface area (Å²) in [5.74, 6) is -6.87. The average molecular weight is 473 g/mol. The number of carbonyl (C=O) groups is 4. The first kappa shape index (κ1) is 26.7. The van der Waals surface area contributed by atoms with Crippen molar-refractivity contribution in [2.24, 2.45) is 5.92 Å². The molecule has 0 saturated heterocycles. The van der Waals surface area contributed by atoms with Crippen LogP contribution < -0.4 is 5.32 Å². The summed E-state index contributed by atoms with van der Waals surface area (Å²) in [4.78, 5) is 48.2. The second-order valence-electron chi connectivity index (χ2n) is 6.18. The van der Waals surface area contributed by atoms with Crippen molar-refractivity contribution >= 4 is 23.8 Å². The first-order chi connectivity index (χ1) is 14.6. The lowest BCUT2D eigenvalue weighted by atomic mass is 9.95. The summed E-state index contributed by atoms with van der Waals surface area (Å²) in [6.45, 7) is 0. The van der Waals surface area contributed by atoms with Crippen molar-refractivity contribution in [3.8, 4) is 0 Å². The van der Waals surface area contributed by atoms with Gasteiger partial charge in [-0.1, -0.05) is 0 Å². The summed E-state index contributed by atoms with van der Waals surface area (Å²) in [5, 5.41) is 1.83. The number of methoxy groups -OCH3 is 3. The molecule has 0 unspecified atom stereocenters. The van der Waals surface area contributed by atoms with Crippen LogP contribution in [-0.2, 0) is 40.9 Å². The zero-order valence-electron chi connectivity index (χ0n) is 16.7. The van der Waals surface area contributed by atoms with Gasteiger partial charge in [0.2, 0.25) is 0 Å². The van der Waals surface area contributed by atoms with Gasteiger partial charge in [-0.2, -0.15) is 26.3 Å². The van der Waals surface area contributed by atoms with E-state index in [4.69, 9.17) is 0 Å².